The molecule has 2 aromatic heterocycles. The molecule has 3 aromatic rings. The van der Waals surface area contributed by atoms with E-state index < -0.39 is 21.6 Å². The van der Waals surface area contributed by atoms with Crippen LogP contribution in [0.1, 0.15) is 45.9 Å². The second-order valence-corrected chi connectivity index (χ2v) is 11.4. The Balaban J connectivity index is 1.78. The summed E-state index contributed by atoms with van der Waals surface area (Å²) in [6.45, 7) is 7.83. The van der Waals surface area contributed by atoms with Crippen molar-refractivity contribution < 1.29 is 4.55 Å². The third-order valence-electron chi connectivity index (χ3n) is 5.55. The largest absolute Gasteiger partial charge is 0.598 e. The molecule has 7 nitrogen and oxygen atoms in total. The molecule has 3 heterocycles. The topological polar surface area (TPSA) is 102 Å². The lowest BCUT2D eigenvalue weighted by atomic mass is 9.89. The fourth-order valence-electron chi connectivity index (χ4n) is 3.88. The maximum Gasteiger partial charge on any atom is 0.136 e. The Morgan fingerprint density at radius 2 is 2.06 bits per heavy atom. The van der Waals surface area contributed by atoms with E-state index in [0.717, 1.165) is 22.3 Å². The average Bonchev–Trinajstić information content (AvgIpc) is 3.22. The van der Waals surface area contributed by atoms with Crippen LogP contribution in [0.5, 0.6) is 0 Å². The van der Waals surface area contributed by atoms with Crippen LogP contribution in [0.4, 0.5) is 0 Å². The number of pyridine rings is 1. The number of hydrogen-bond acceptors (Lipinski definition) is 6. The Labute approximate surface area is 197 Å². The van der Waals surface area contributed by atoms with Crippen molar-refractivity contribution in [3.05, 3.63) is 78.4 Å². The van der Waals surface area contributed by atoms with Crippen LogP contribution in [-0.2, 0) is 11.4 Å². The minimum absolute atomic E-state index is 0.371. The number of allylic oxidation sites excluding steroid dienone is 3. The summed E-state index contributed by atoms with van der Waals surface area (Å²) < 4.78 is 17.9. The van der Waals surface area contributed by atoms with E-state index in [9.17, 15) is 9.81 Å². The van der Waals surface area contributed by atoms with Crippen LogP contribution >= 0.6 is 0 Å². The van der Waals surface area contributed by atoms with Gasteiger partial charge < -0.3 is 9.87 Å². The molecule has 0 amide bonds. The first-order valence-corrected chi connectivity index (χ1v) is 12.0. The zero-order valence-electron chi connectivity index (χ0n) is 19.2. The molecule has 2 N–H and O–H groups in total. The van der Waals surface area contributed by atoms with E-state index in [4.69, 9.17) is 4.98 Å². The number of aromatic nitrogens is 3. The van der Waals surface area contributed by atoms with Gasteiger partial charge in [-0.2, -0.15) is 10.4 Å². The highest BCUT2D eigenvalue weighted by atomic mass is 32.2. The second kappa shape index (κ2) is 9.02. The van der Waals surface area contributed by atoms with Crippen molar-refractivity contribution in [3.63, 3.8) is 0 Å². The number of nitrogens with one attached hydrogen (secondary N) is 2. The minimum Gasteiger partial charge on any atom is -0.598 e. The van der Waals surface area contributed by atoms with Gasteiger partial charge >= 0.3 is 0 Å². The molecule has 0 saturated heterocycles. The van der Waals surface area contributed by atoms with Gasteiger partial charge in [0.2, 0.25) is 0 Å². The fourth-order valence-corrected chi connectivity index (χ4v) is 4.68. The molecular formula is C25H28N6OS. The summed E-state index contributed by atoms with van der Waals surface area (Å²) in [4.78, 5) is 4.72. The van der Waals surface area contributed by atoms with Gasteiger partial charge in [-0.3, -0.25) is 4.98 Å². The Bertz CT molecular complexity index is 1250. The summed E-state index contributed by atoms with van der Waals surface area (Å²) >= 11 is -1.33. The van der Waals surface area contributed by atoms with Crippen molar-refractivity contribution in [3.8, 4) is 11.8 Å². The van der Waals surface area contributed by atoms with Crippen molar-refractivity contribution in [2.75, 3.05) is 0 Å². The van der Waals surface area contributed by atoms with E-state index in [-0.39, 0.29) is 6.04 Å². The van der Waals surface area contributed by atoms with Gasteiger partial charge in [0.15, 0.2) is 0 Å². The van der Waals surface area contributed by atoms with Crippen molar-refractivity contribution in [1.29, 1.82) is 5.26 Å². The summed E-state index contributed by atoms with van der Waals surface area (Å²) in [5.41, 5.74) is 2.50. The lowest BCUT2D eigenvalue weighted by Gasteiger charge is -2.35. The van der Waals surface area contributed by atoms with Crippen molar-refractivity contribution >= 4 is 22.3 Å². The van der Waals surface area contributed by atoms with Gasteiger partial charge in [-0.05, 0) is 58.4 Å². The number of rotatable bonds is 6. The molecule has 0 spiro atoms. The fraction of sp³-hybridized carbons (Fsp3) is 0.320. The van der Waals surface area contributed by atoms with E-state index in [1.165, 1.54) is 0 Å². The third-order valence-corrected chi connectivity index (χ3v) is 7.16. The quantitative estimate of drug-likeness (QED) is 0.534. The molecule has 0 saturated carbocycles. The van der Waals surface area contributed by atoms with Crippen LogP contribution < -0.4 is 10.0 Å². The normalized spacial score (nSPS) is 20.1. The molecular weight excluding hydrogens is 432 g/mol. The van der Waals surface area contributed by atoms with E-state index in [0.29, 0.717) is 12.1 Å². The standard InChI is InChI=1S/C25H28N6OS/c1-24(2,3)33(32)30-20(15-25(4)13-7-10-19(16-26)29-25)23-22(12-8-14-27-23)31-21-11-6-5-9-18(21)17-28-31/h5-14,17,20,29-30H,15H2,1-4H3/t20?,25?,33-/m0/s1. The first kappa shape index (κ1) is 23.1. The summed E-state index contributed by atoms with van der Waals surface area (Å²) in [7, 11) is 0. The van der Waals surface area contributed by atoms with Crippen LogP contribution in [0, 0.1) is 11.3 Å². The molecule has 33 heavy (non-hydrogen) atoms. The highest BCUT2D eigenvalue weighted by molar-refractivity contribution is 7.90. The Kier molecular flexibility index (Phi) is 6.30. The van der Waals surface area contributed by atoms with Gasteiger partial charge in [0, 0.05) is 22.9 Å². The number of nitriles is 1. The molecule has 1 aliphatic rings. The number of hydrogen-bond donors (Lipinski definition) is 2. The van der Waals surface area contributed by atoms with E-state index in [1.807, 2.05) is 87.1 Å². The molecule has 0 radical (unpaired) electrons. The lowest BCUT2D eigenvalue weighted by Crippen LogP contribution is -2.47. The number of nitrogens with zero attached hydrogens (tertiary/aromatic N) is 4. The predicted octanol–water partition coefficient (Wildman–Crippen LogP) is 4.23. The second-order valence-electron chi connectivity index (χ2n) is 9.37. The summed E-state index contributed by atoms with van der Waals surface area (Å²) in [5.74, 6) is 0. The molecule has 8 heteroatoms. The Morgan fingerprint density at radius 3 is 2.82 bits per heavy atom. The highest BCUT2D eigenvalue weighted by Gasteiger charge is 2.36. The van der Waals surface area contributed by atoms with E-state index in [1.54, 1.807) is 12.3 Å². The molecule has 2 unspecified atom stereocenters. The van der Waals surface area contributed by atoms with Crippen LogP contribution in [-0.4, -0.2) is 29.6 Å². The molecule has 0 fully saturated rings. The summed E-state index contributed by atoms with van der Waals surface area (Å²) in [5, 5.41) is 18.3. The minimum atomic E-state index is -1.33. The lowest BCUT2D eigenvalue weighted by molar-refractivity contribution is 0.385. The SMILES string of the molecule is CC1(CC(N[S@@+]([O-])C(C)(C)C)c2ncccc2-n2ncc3ccccc32)C=CC=C(C#N)N1. The van der Waals surface area contributed by atoms with Crippen LogP contribution in [0.2, 0.25) is 0 Å². The molecule has 170 valence electrons. The first-order chi connectivity index (χ1) is 15.7. The Morgan fingerprint density at radius 1 is 1.27 bits per heavy atom. The van der Waals surface area contributed by atoms with Crippen LogP contribution in [0.15, 0.2) is 72.7 Å². The van der Waals surface area contributed by atoms with Gasteiger partial charge in [-0.25, -0.2) is 4.68 Å². The Hall–Kier alpha value is -3.12. The monoisotopic (exact) mass is 460 g/mol. The van der Waals surface area contributed by atoms with Gasteiger partial charge in [0.05, 0.1) is 34.7 Å². The summed E-state index contributed by atoms with van der Waals surface area (Å²) in [6, 6.07) is 13.7. The van der Waals surface area contributed by atoms with E-state index in [2.05, 4.69) is 21.2 Å². The molecule has 0 aliphatic carbocycles. The van der Waals surface area contributed by atoms with Crippen LogP contribution in [0.25, 0.3) is 16.6 Å². The van der Waals surface area contributed by atoms with Gasteiger partial charge in [-0.1, -0.05) is 30.4 Å². The van der Waals surface area contributed by atoms with Crippen molar-refractivity contribution in [2.45, 2.75) is 50.4 Å². The average molecular weight is 461 g/mol. The number of fused-ring (bicyclic) bond motifs is 1. The number of benzene rings is 1. The predicted molar refractivity (Wildman–Crippen MR) is 132 cm³/mol. The smallest absolute Gasteiger partial charge is 0.136 e. The maximum atomic E-state index is 13.2. The zero-order valence-corrected chi connectivity index (χ0v) is 20.1. The molecule has 1 aromatic carbocycles. The number of dihydropyridines is 1. The third kappa shape index (κ3) is 4.96. The highest BCUT2D eigenvalue weighted by Crippen LogP contribution is 2.32. The summed E-state index contributed by atoms with van der Waals surface area (Å²) in [6.07, 6.45) is 9.75. The van der Waals surface area contributed by atoms with Crippen molar-refractivity contribution in [1.82, 2.24) is 24.8 Å². The van der Waals surface area contributed by atoms with Gasteiger partial charge in [0.1, 0.15) is 16.5 Å². The molecule has 1 aliphatic heterocycles. The van der Waals surface area contributed by atoms with Gasteiger partial charge in [-0.15, -0.1) is 4.72 Å². The molecule has 3 atom stereocenters. The van der Waals surface area contributed by atoms with Crippen molar-refractivity contribution in [2.24, 2.45) is 0 Å². The number of para-hydroxylation sites is 1. The maximum absolute atomic E-state index is 13.2. The van der Waals surface area contributed by atoms with E-state index >= 15 is 0 Å². The molecule has 4 rings (SSSR count). The first-order valence-electron chi connectivity index (χ1n) is 10.8. The zero-order chi connectivity index (χ0) is 23.6. The molecule has 0 bridgehead atoms. The van der Waals surface area contributed by atoms with Gasteiger partial charge in [0.25, 0.3) is 0 Å². The van der Waals surface area contributed by atoms with Crippen LogP contribution in [0.3, 0.4) is 0 Å².